The minimum Gasteiger partial charge on any atom is -0.350 e. The Morgan fingerprint density at radius 2 is 2.08 bits per heavy atom. The second-order valence-corrected chi connectivity index (χ2v) is 7.13. The summed E-state index contributed by atoms with van der Waals surface area (Å²) in [4.78, 5) is 17.7. The number of imidazole rings is 1. The summed E-state index contributed by atoms with van der Waals surface area (Å²) in [6.45, 7) is 4.52. The van der Waals surface area contributed by atoms with Gasteiger partial charge in [-0.05, 0) is 37.6 Å². The lowest BCUT2D eigenvalue weighted by molar-refractivity contribution is -0.118. The second-order valence-electron chi connectivity index (χ2n) is 5.68. The zero-order valence-electron chi connectivity index (χ0n) is 13.5. The molecule has 0 aliphatic heterocycles. The molecule has 124 valence electrons. The molecule has 0 atom stereocenters. The van der Waals surface area contributed by atoms with Gasteiger partial charge >= 0.3 is 0 Å². The standard InChI is InChI=1S/C18H18ClN3OS/c1-12-3-4-13(2)16(7-12)24-11-18(23)20-8-15-10-22-9-14(19)5-6-17(22)21-15/h3-7,9-10H,8,11H2,1-2H3,(H,20,23). The van der Waals surface area contributed by atoms with Crippen LogP contribution in [0.25, 0.3) is 5.65 Å². The van der Waals surface area contributed by atoms with Gasteiger partial charge < -0.3 is 9.72 Å². The molecule has 0 spiro atoms. The van der Waals surface area contributed by atoms with Crippen molar-refractivity contribution in [3.05, 3.63) is 64.6 Å². The highest BCUT2D eigenvalue weighted by Gasteiger charge is 2.07. The maximum absolute atomic E-state index is 12.1. The summed E-state index contributed by atoms with van der Waals surface area (Å²) < 4.78 is 1.86. The molecule has 1 aromatic carbocycles. The first-order valence-electron chi connectivity index (χ1n) is 7.61. The SMILES string of the molecule is Cc1ccc(C)c(SCC(=O)NCc2cn3cc(Cl)ccc3n2)c1. The summed E-state index contributed by atoms with van der Waals surface area (Å²) in [6.07, 6.45) is 3.67. The van der Waals surface area contributed by atoms with Crippen LogP contribution in [0, 0.1) is 13.8 Å². The molecular weight excluding hydrogens is 342 g/mol. The molecule has 0 aliphatic carbocycles. The molecule has 0 radical (unpaired) electrons. The first kappa shape index (κ1) is 16.9. The van der Waals surface area contributed by atoms with Gasteiger partial charge in [-0.2, -0.15) is 0 Å². The number of nitrogens with zero attached hydrogens (tertiary/aromatic N) is 2. The molecular formula is C18H18ClN3OS. The molecule has 0 saturated heterocycles. The van der Waals surface area contributed by atoms with Crippen molar-refractivity contribution in [1.82, 2.24) is 14.7 Å². The second kappa shape index (κ2) is 7.28. The maximum Gasteiger partial charge on any atom is 0.230 e. The van der Waals surface area contributed by atoms with Gasteiger partial charge in [0.05, 0.1) is 23.0 Å². The van der Waals surface area contributed by atoms with Crippen LogP contribution in [0.5, 0.6) is 0 Å². The first-order valence-corrected chi connectivity index (χ1v) is 8.97. The van der Waals surface area contributed by atoms with Crippen LogP contribution in [0.1, 0.15) is 16.8 Å². The third-order valence-electron chi connectivity index (χ3n) is 3.63. The van der Waals surface area contributed by atoms with Crippen molar-refractivity contribution in [3.63, 3.8) is 0 Å². The van der Waals surface area contributed by atoms with E-state index in [0.717, 1.165) is 16.2 Å². The molecule has 0 aliphatic rings. The van der Waals surface area contributed by atoms with Crippen molar-refractivity contribution in [2.75, 3.05) is 5.75 Å². The van der Waals surface area contributed by atoms with Crippen LogP contribution in [0.3, 0.4) is 0 Å². The van der Waals surface area contributed by atoms with Crippen LogP contribution < -0.4 is 5.32 Å². The minimum absolute atomic E-state index is 0.00371. The van der Waals surface area contributed by atoms with E-state index in [-0.39, 0.29) is 5.91 Å². The van der Waals surface area contributed by atoms with E-state index in [9.17, 15) is 4.79 Å². The van der Waals surface area contributed by atoms with Gasteiger partial charge in [0.1, 0.15) is 5.65 Å². The number of fused-ring (bicyclic) bond motifs is 1. The van der Waals surface area contributed by atoms with Crippen molar-refractivity contribution in [2.24, 2.45) is 0 Å². The smallest absolute Gasteiger partial charge is 0.230 e. The molecule has 2 heterocycles. The highest BCUT2D eigenvalue weighted by atomic mass is 35.5. The Hall–Kier alpha value is -1.98. The summed E-state index contributed by atoms with van der Waals surface area (Å²) >= 11 is 7.51. The van der Waals surface area contributed by atoms with E-state index in [1.165, 1.54) is 11.1 Å². The number of rotatable bonds is 5. The molecule has 0 fully saturated rings. The number of aryl methyl sites for hydroxylation is 2. The van der Waals surface area contributed by atoms with E-state index in [1.54, 1.807) is 24.0 Å². The Morgan fingerprint density at radius 3 is 2.92 bits per heavy atom. The predicted molar refractivity (Wildman–Crippen MR) is 98.7 cm³/mol. The van der Waals surface area contributed by atoms with Crippen molar-refractivity contribution in [1.29, 1.82) is 0 Å². The number of benzene rings is 1. The van der Waals surface area contributed by atoms with E-state index in [0.29, 0.717) is 17.3 Å². The van der Waals surface area contributed by atoms with Crippen molar-refractivity contribution in [2.45, 2.75) is 25.3 Å². The lowest BCUT2D eigenvalue weighted by atomic mass is 10.2. The van der Waals surface area contributed by atoms with E-state index < -0.39 is 0 Å². The van der Waals surface area contributed by atoms with Gasteiger partial charge in [0.25, 0.3) is 0 Å². The summed E-state index contributed by atoms with van der Waals surface area (Å²) in [5.74, 6) is 0.389. The van der Waals surface area contributed by atoms with Gasteiger partial charge in [-0.1, -0.05) is 29.3 Å². The van der Waals surface area contributed by atoms with Gasteiger partial charge in [-0.15, -0.1) is 11.8 Å². The van der Waals surface area contributed by atoms with Crippen LogP contribution in [0.4, 0.5) is 0 Å². The third-order valence-corrected chi connectivity index (χ3v) is 5.01. The Kier molecular flexibility index (Phi) is 5.11. The number of carbonyl (C=O) groups excluding carboxylic acids is 1. The van der Waals surface area contributed by atoms with Crippen LogP contribution in [0.2, 0.25) is 5.02 Å². The fraction of sp³-hybridized carbons (Fsp3) is 0.222. The molecule has 2 aromatic heterocycles. The van der Waals surface area contributed by atoms with Gasteiger partial charge in [0.2, 0.25) is 5.91 Å². The Labute approximate surface area is 150 Å². The largest absolute Gasteiger partial charge is 0.350 e. The average molecular weight is 360 g/mol. The quantitative estimate of drug-likeness (QED) is 0.700. The lowest BCUT2D eigenvalue weighted by Gasteiger charge is -2.07. The van der Waals surface area contributed by atoms with Gasteiger partial charge in [0, 0.05) is 17.3 Å². The molecule has 3 aromatic rings. The van der Waals surface area contributed by atoms with E-state index in [4.69, 9.17) is 11.6 Å². The number of hydrogen-bond acceptors (Lipinski definition) is 3. The van der Waals surface area contributed by atoms with Crippen molar-refractivity contribution in [3.8, 4) is 0 Å². The normalized spacial score (nSPS) is 11.0. The van der Waals surface area contributed by atoms with E-state index >= 15 is 0 Å². The Bertz CT molecular complexity index is 891. The van der Waals surface area contributed by atoms with Crippen LogP contribution in [0.15, 0.2) is 47.6 Å². The highest BCUT2D eigenvalue weighted by Crippen LogP contribution is 2.23. The average Bonchev–Trinajstić information content (AvgIpc) is 2.95. The number of thioether (sulfide) groups is 1. The fourth-order valence-electron chi connectivity index (χ4n) is 2.35. The zero-order chi connectivity index (χ0) is 17.1. The molecule has 1 N–H and O–H groups in total. The highest BCUT2D eigenvalue weighted by molar-refractivity contribution is 8.00. The van der Waals surface area contributed by atoms with E-state index in [2.05, 4.69) is 42.3 Å². The van der Waals surface area contributed by atoms with Gasteiger partial charge in [-0.3, -0.25) is 4.79 Å². The molecule has 4 nitrogen and oxygen atoms in total. The molecule has 3 rings (SSSR count). The zero-order valence-corrected chi connectivity index (χ0v) is 15.1. The van der Waals surface area contributed by atoms with Crippen LogP contribution >= 0.6 is 23.4 Å². The number of nitrogens with one attached hydrogen (secondary N) is 1. The van der Waals surface area contributed by atoms with Gasteiger partial charge in [0.15, 0.2) is 0 Å². The minimum atomic E-state index is -0.00371. The number of aromatic nitrogens is 2. The number of halogens is 1. The molecule has 0 saturated carbocycles. The predicted octanol–water partition coefficient (Wildman–Crippen LogP) is 4.01. The van der Waals surface area contributed by atoms with Crippen molar-refractivity contribution >= 4 is 34.9 Å². The third kappa shape index (κ3) is 4.10. The maximum atomic E-state index is 12.1. The number of carbonyl (C=O) groups is 1. The molecule has 24 heavy (non-hydrogen) atoms. The topological polar surface area (TPSA) is 46.4 Å². The van der Waals surface area contributed by atoms with Crippen molar-refractivity contribution < 1.29 is 4.79 Å². The summed E-state index contributed by atoms with van der Waals surface area (Å²) in [5.41, 5.74) is 4.01. The summed E-state index contributed by atoms with van der Waals surface area (Å²) in [6, 6.07) is 9.92. The number of hydrogen-bond donors (Lipinski definition) is 1. The molecule has 6 heteroatoms. The molecule has 1 amide bonds. The first-order chi connectivity index (χ1) is 11.5. The number of amides is 1. The van der Waals surface area contributed by atoms with E-state index in [1.807, 2.05) is 16.7 Å². The van der Waals surface area contributed by atoms with Crippen LogP contribution in [-0.2, 0) is 11.3 Å². The summed E-state index contributed by atoms with van der Waals surface area (Å²) in [7, 11) is 0. The molecule has 0 bridgehead atoms. The number of pyridine rings is 1. The Balaban J connectivity index is 1.55. The summed E-state index contributed by atoms with van der Waals surface area (Å²) in [5, 5.41) is 3.56. The molecule has 0 unspecified atom stereocenters. The Morgan fingerprint density at radius 1 is 1.25 bits per heavy atom. The van der Waals surface area contributed by atoms with Gasteiger partial charge in [-0.25, -0.2) is 4.98 Å². The fourth-order valence-corrected chi connectivity index (χ4v) is 3.47. The lowest BCUT2D eigenvalue weighted by Crippen LogP contribution is -2.24. The van der Waals surface area contributed by atoms with Crippen LogP contribution in [-0.4, -0.2) is 21.0 Å². The monoisotopic (exact) mass is 359 g/mol.